The van der Waals surface area contributed by atoms with Gasteiger partial charge in [-0.3, -0.25) is 9.78 Å². The molecule has 1 rings (SSSR count). The molecule has 0 aliphatic heterocycles. The zero-order chi connectivity index (χ0) is 13.9. The molecule has 1 N–H and O–H groups in total. The van der Waals surface area contributed by atoms with Crippen LogP contribution in [0.15, 0.2) is 18.5 Å². The van der Waals surface area contributed by atoms with Crippen molar-refractivity contribution in [3.63, 3.8) is 0 Å². The zero-order valence-corrected chi connectivity index (χ0v) is 11.2. The van der Waals surface area contributed by atoms with Gasteiger partial charge in [-0.2, -0.15) is 0 Å². The van der Waals surface area contributed by atoms with E-state index in [1.54, 1.807) is 6.92 Å². The summed E-state index contributed by atoms with van der Waals surface area (Å²) >= 11 is 5.89. The van der Waals surface area contributed by atoms with Crippen molar-refractivity contribution in [3.8, 4) is 0 Å². The number of pyridine rings is 1. The Bertz CT molecular complexity index is 474. The summed E-state index contributed by atoms with van der Waals surface area (Å²) < 4.78 is 0. The second-order valence-corrected chi connectivity index (χ2v) is 4.68. The minimum absolute atomic E-state index is 0.210. The fraction of sp³-hybridized carbons (Fsp3) is 0.417. The smallest absolute Gasteiger partial charge is 0.329 e. The molecule has 0 bridgehead atoms. The number of carbonyl (C=O) groups excluding carboxylic acids is 1. The summed E-state index contributed by atoms with van der Waals surface area (Å²) in [6, 6.07) is 1.48. The maximum Gasteiger partial charge on any atom is 0.329 e. The lowest BCUT2D eigenvalue weighted by Crippen LogP contribution is -2.53. The topological polar surface area (TPSA) is 70.5 Å². The normalized spacial score (nSPS) is 11.1. The number of halogens is 1. The fourth-order valence-electron chi connectivity index (χ4n) is 1.60. The third-order valence-electron chi connectivity index (χ3n) is 2.76. The van der Waals surface area contributed by atoms with Crippen molar-refractivity contribution in [1.29, 1.82) is 0 Å². The molecular weight excluding hydrogens is 256 g/mol. The third-order valence-corrected chi connectivity index (χ3v) is 3.06. The minimum atomic E-state index is -1.29. The van der Waals surface area contributed by atoms with Crippen LogP contribution in [-0.4, -0.2) is 39.0 Å². The van der Waals surface area contributed by atoms with E-state index in [0.29, 0.717) is 0 Å². The number of nitrogens with zero attached hydrogens (tertiary/aromatic N) is 2. The Morgan fingerprint density at radius 3 is 2.56 bits per heavy atom. The standard InChI is InChI=1S/C12H15ClN2O3/c1-4-15(12(2,3)11(17)18)10(16)8-5-6-14-7-9(8)13/h5-7H,4H2,1-3H3,(H,17,18). The lowest BCUT2D eigenvalue weighted by molar-refractivity contribution is -0.147. The van der Waals surface area contributed by atoms with Crippen molar-refractivity contribution in [2.45, 2.75) is 26.3 Å². The molecule has 0 saturated carbocycles. The lowest BCUT2D eigenvalue weighted by Gasteiger charge is -2.34. The van der Waals surface area contributed by atoms with Crippen LogP contribution in [0.4, 0.5) is 0 Å². The van der Waals surface area contributed by atoms with Crippen LogP contribution >= 0.6 is 11.6 Å². The molecule has 0 spiro atoms. The maximum atomic E-state index is 12.3. The number of rotatable bonds is 4. The van der Waals surface area contributed by atoms with Crippen molar-refractivity contribution < 1.29 is 14.7 Å². The Labute approximate surface area is 110 Å². The van der Waals surface area contributed by atoms with Crippen molar-refractivity contribution in [3.05, 3.63) is 29.0 Å². The van der Waals surface area contributed by atoms with Gasteiger partial charge in [0.25, 0.3) is 5.91 Å². The quantitative estimate of drug-likeness (QED) is 0.909. The molecule has 0 radical (unpaired) electrons. The molecule has 1 amide bonds. The van der Waals surface area contributed by atoms with Gasteiger partial charge < -0.3 is 10.0 Å². The minimum Gasteiger partial charge on any atom is -0.480 e. The summed E-state index contributed by atoms with van der Waals surface area (Å²) in [7, 11) is 0. The van der Waals surface area contributed by atoms with Crippen LogP contribution in [0.1, 0.15) is 31.1 Å². The summed E-state index contributed by atoms with van der Waals surface area (Å²) in [6.07, 6.45) is 2.80. The van der Waals surface area contributed by atoms with Crippen molar-refractivity contribution in [2.75, 3.05) is 6.54 Å². The Morgan fingerprint density at radius 1 is 1.50 bits per heavy atom. The van der Waals surface area contributed by atoms with Crippen molar-refractivity contribution in [1.82, 2.24) is 9.88 Å². The van der Waals surface area contributed by atoms with Gasteiger partial charge in [0.15, 0.2) is 0 Å². The van der Waals surface area contributed by atoms with E-state index in [1.807, 2.05) is 0 Å². The van der Waals surface area contributed by atoms with E-state index in [0.717, 1.165) is 0 Å². The zero-order valence-electron chi connectivity index (χ0n) is 10.5. The molecule has 1 heterocycles. The van der Waals surface area contributed by atoms with Crippen LogP contribution in [-0.2, 0) is 4.79 Å². The number of carboxylic acid groups (broad SMARTS) is 1. The highest BCUT2D eigenvalue weighted by atomic mass is 35.5. The highest BCUT2D eigenvalue weighted by Gasteiger charge is 2.37. The van der Waals surface area contributed by atoms with E-state index in [9.17, 15) is 9.59 Å². The molecule has 0 fully saturated rings. The average molecular weight is 271 g/mol. The molecule has 6 heteroatoms. The summed E-state index contributed by atoms with van der Waals surface area (Å²) in [5.41, 5.74) is -1.04. The second-order valence-electron chi connectivity index (χ2n) is 4.27. The Balaban J connectivity index is 3.16. The number of aromatic nitrogens is 1. The number of hydrogen-bond donors (Lipinski definition) is 1. The van der Waals surface area contributed by atoms with Crippen LogP contribution < -0.4 is 0 Å². The van der Waals surface area contributed by atoms with E-state index in [1.165, 1.54) is 37.2 Å². The molecule has 1 aromatic rings. The van der Waals surface area contributed by atoms with Crippen LogP contribution in [0.2, 0.25) is 5.02 Å². The highest BCUT2D eigenvalue weighted by molar-refractivity contribution is 6.33. The first kappa shape index (κ1) is 14.4. The van der Waals surface area contributed by atoms with Crippen molar-refractivity contribution in [2.24, 2.45) is 0 Å². The van der Waals surface area contributed by atoms with Gasteiger partial charge in [-0.1, -0.05) is 11.6 Å². The Morgan fingerprint density at radius 2 is 2.11 bits per heavy atom. The summed E-state index contributed by atoms with van der Waals surface area (Å²) in [4.78, 5) is 28.6. The molecule has 5 nitrogen and oxygen atoms in total. The third kappa shape index (κ3) is 2.61. The van der Waals surface area contributed by atoms with Crippen LogP contribution in [0.3, 0.4) is 0 Å². The lowest BCUT2D eigenvalue weighted by atomic mass is 10.0. The fourth-order valence-corrected chi connectivity index (χ4v) is 1.80. The molecule has 0 saturated heterocycles. The summed E-state index contributed by atoms with van der Waals surface area (Å²) in [6.45, 7) is 4.95. The van der Waals surface area contributed by atoms with Gasteiger partial charge in [-0.15, -0.1) is 0 Å². The highest BCUT2D eigenvalue weighted by Crippen LogP contribution is 2.22. The van der Waals surface area contributed by atoms with E-state index in [4.69, 9.17) is 16.7 Å². The van der Waals surface area contributed by atoms with E-state index < -0.39 is 17.4 Å². The molecule has 0 aliphatic carbocycles. The van der Waals surface area contributed by atoms with Gasteiger partial charge >= 0.3 is 5.97 Å². The van der Waals surface area contributed by atoms with Gasteiger partial charge in [0.2, 0.25) is 0 Å². The Kier molecular flexibility index (Phi) is 4.29. The van der Waals surface area contributed by atoms with Gasteiger partial charge in [-0.25, -0.2) is 4.79 Å². The SMILES string of the molecule is CCN(C(=O)c1ccncc1Cl)C(C)(C)C(=O)O. The molecular formula is C12H15ClN2O3. The number of amides is 1. The molecule has 18 heavy (non-hydrogen) atoms. The Hall–Kier alpha value is -1.62. The molecule has 1 aromatic heterocycles. The average Bonchev–Trinajstić information content (AvgIpc) is 2.29. The van der Waals surface area contributed by atoms with Gasteiger partial charge in [-0.05, 0) is 26.8 Å². The number of carboxylic acids is 1. The summed E-state index contributed by atoms with van der Waals surface area (Å²) in [5, 5.41) is 9.38. The first-order valence-corrected chi connectivity index (χ1v) is 5.85. The monoisotopic (exact) mass is 270 g/mol. The number of aliphatic carboxylic acids is 1. The first-order valence-electron chi connectivity index (χ1n) is 5.47. The van der Waals surface area contributed by atoms with Crippen LogP contribution in [0.25, 0.3) is 0 Å². The summed E-state index contributed by atoms with van der Waals surface area (Å²) in [5.74, 6) is -1.49. The van der Waals surface area contributed by atoms with Gasteiger partial charge in [0.1, 0.15) is 5.54 Å². The predicted octanol–water partition coefficient (Wildman–Crippen LogP) is 2.06. The van der Waals surface area contributed by atoms with Crippen LogP contribution in [0, 0.1) is 0 Å². The molecule has 0 unspecified atom stereocenters. The maximum absolute atomic E-state index is 12.3. The number of carbonyl (C=O) groups is 2. The first-order chi connectivity index (χ1) is 8.32. The molecule has 0 atom stereocenters. The van der Waals surface area contributed by atoms with Gasteiger partial charge in [0, 0.05) is 18.9 Å². The van der Waals surface area contributed by atoms with E-state index in [2.05, 4.69) is 4.98 Å². The van der Waals surface area contributed by atoms with Gasteiger partial charge in [0.05, 0.1) is 10.6 Å². The number of likely N-dealkylation sites (N-methyl/N-ethyl adjacent to an activating group) is 1. The second kappa shape index (κ2) is 5.35. The number of hydrogen-bond acceptors (Lipinski definition) is 3. The largest absolute Gasteiger partial charge is 0.480 e. The molecule has 98 valence electrons. The molecule has 0 aromatic carbocycles. The van der Waals surface area contributed by atoms with Crippen LogP contribution in [0.5, 0.6) is 0 Å². The predicted molar refractivity (Wildman–Crippen MR) is 67.7 cm³/mol. The van der Waals surface area contributed by atoms with Crippen molar-refractivity contribution >= 4 is 23.5 Å². The van der Waals surface area contributed by atoms with E-state index >= 15 is 0 Å². The van der Waals surface area contributed by atoms with E-state index in [-0.39, 0.29) is 17.1 Å². The molecule has 0 aliphatic rings.